The van der Waals surface area contributed by atoms with Gasteiger partial charge >= 0.3 is 0 Å². The lowest BCUT2D eigenvalue weighted by Gasteiger charge is -2.35. The van der Waals surface area contributed by atoms with Gasteiger partial charge in [0.05, 0.1) is 12.5 Å². The third kappa shape index (κ3) is 3.50. The quantitative estimate of drug-likeness (QED) is 0.854. The van der Waals surface area contributed by atoms with Crippen molar-refractivity contribution in [2.75, 3.05) is 31.1 Å². The van der Waals surface area contributed by atoms with Crippen molar-refractivity contribution in [1.29, 1.82) is 0 Å². The van der Waals surface area contributed by atoms with Crippen LogP contribution in [0.5, 0.6) is 0 Å². The number of aromatic amines is 1. The standard InChI is InChI=1S/C14H24N4O2/c1-10(2)12(19)9-14(20)18-6-4-17(5-7-18)13-8-11(3)15-16-13/h8,10,12,19H,4-7,9H2,1-3H3,(H,15,16). The first-order chi connectivity index (χ1) is 9.47. The summed E-state index contributed by atoms with van der Waals surface area (Å²) in [6, 6.07) is 2.01. The fourth-order valence-electron chi connectivity index (χ4n) is 2.29. The smallest absolute Gasteiger partial charge is 0.225 e. The number of aliphatic hydroxyl groups is 1. The summed E-state index contributed by atoms with van der Waals surface area (Å²) in [4.78, 5) is 16.1. The maximum atomic E-state index is 12.1. The second kappa shape index (κ2) is 6.26. The summed E-state index contributed by atoms with van der Waals surface area (Å²) in [6.07, 6.45) is -0.325. The van der Waals surface area contributed by atoms with Crippen LogP contribution in [0.25, 0.3) is 0 Å². The predicted octanol–water partition coefficient (Wildman–Crippen LogP) is 0.774. The molecule has 1 aromatic heterocycles. The van der Waals surface area contributed by atoms with Crippen molar-refractivity contribution in [3.8, 4) is 0 Å². The summed E-state index contributed by atoms with van der Waals surface area (Å²) in [5, 5.41) is 17.0. The van der Waals surface area contributed by atoms with E-state index in [4.69, 9.17) is 0 Å². The zero-order valence-electron chi connectivity index (χ0n) is 12.5. The van der Waals surface area contributed by atoms with Crippen molar-refractivity contribution >= 4 is 11.7 Å². The number of piperazine rings is 1. The average molecular weight is 280 g/mol. The van der Waals surface area contributed by atoms with Crippen LogP contribution in [-0.4, -0.2) is 58.4 Å². The molecule has 2 N–H and O–H groups in total. The lowest BCUT2D eigenvalue weighted by molar-refractivity contribution is -0.134. The molecule has 2 heterocycles. The molecule has 1 aliphatic heterocycles. The first-order valence-electron chi connectivity index (χ1n) is 7.20. The van der Waals surface area contributed by atoms with Crippen LogP contribution in [0.4, 0.5) is 5.82 Å². The molecule has 1 fully saturated rings. The fraction of sp³-hybridized carbons (Fsp3) is 0.714. The Morgan fingerprint density at radius 1 is 1.40 bits per heavy atom. The van der Waals surface area contributed by atoms with Crippen LogP contribution >= 0.6 is 0 Å². The molecule has 0 bridgehead atoms. The van der Waals surface area contributed by atoms with Crippen LogP contribution in [-0.2, 0) is 4.79 Å². The first-order valence-corrected chi connectivity index (χ1v) is 7.20. The van der Waals surface area contributed by atoms with Crippen LogP contribution in [0.3, 0.4) is 0 Å². The van der Waals surface area contributed by atoms with Crippen molar-refractivity contribution < 1.29 is 9.90 Å². The number of rotatable bonds is 4. The largest absolute Gasteiger partial charge is 0.392 e. The molecular formula is C14H24N4O2. The molecule has 0 aromatic carbocycles. The number of aryl methyl sites for hydroxylation is 1. The Morgan fingerprint density at radius 2 is 2.05 bits per heavy atom. The summed E-state index contributed by atoms with van der Waals surface area (Å²) in [5.41, 5.74) is 1.04. The highest BCUT2D eigenvalue weighted by Gasteiger charge is 2.24. The molecule has 1 aromatic rings. The van der Waals surface area contributed by atoms with E-state index < -0.39 is 6.10 Å². The highest BCUT2D eigenvalue weighted by atomic mass is 16.3. The predicted molar refractivity (Wildman–Crippen MR) is 77.6 cm³/mol. The highest BCUT2D eigenvalue weighted by Crippen LogP contribution is 2.15. The topological polar surface area (TPSA) is 72.5 Å². The molecule has 6 nitrogen and oxygen atoms in total. The van der Waals surface area contributed by atoms with Crippen molar-refractivity contribution in [1.82, 2.24) is 15.1 Å². The zero-order chi connectivity index (χ0) is 14.7. The molecular weight excluding hydrogens is 256 g/mol. The van der Waals surface area contributed by atoms with Crippen LogP contribution in [0.2, 0.25) is 0 Å². The Morgan fingerprint density at radius 3 is 2.55 bits per heavy atom. The average Bonchev–Trinajstić information content (AvgIpc) is 2.85. The number of carbonyl (C=O) groups is 1. The zero-order valence-corrected chi connectivity index (χ0v) is 12.5. The lowest BCUT2D eigenvalue weighted by Crippen LogP contribution is -2.49. The van der Waals surface area contributed by atoms with Gasteiger partial charge in [0.2, 0.25) is 5.91 Å². The minimum atomic E-state index is -0.547. The number of anilines is 1. The third-order valence-electron chi connectivity index (χ3n) is 3.80. The Labute approximate surface area is 119 Å². The van der Waals surface area contributed by atoms with Crippen molar-refractivity contribution in [3.63, 3.8) is 0 Å². The van der Waals surface area contributed by atoms with Gasteiger partial charge in [-0.25, -0.2) is 0 Å². The van der Waals surface area contributed by atoms with E-state index in [1.165, 1.54) is 0 Å². The number of amides is 1. The van der Waals surface area contributed by atoms with Gasteiger partial charge in [0.25, 0.3) is 0 Å². The number of carbonyl (C=O) groups excluding carboxylic acids is 1. The number of aromatic nitrogens is 2. The lowest BCUT2D eigenvalue weighted by atomic mass is 10.0. The Kier molecular flexibility index (Phi) is 4.65. The second-order valence-electron chi connectivity index (χ2n) is 5.79. The molecule has 1 aliphatic rings. The molecule has 0 radical (unpaired) electrons. The molecule has 1 amide bonds. The van der Waals surface area contributed by atoms with Gasteiger partial charge in [0.15, 0.2) is 5.82 Å². The van der Waals surface area contributed by atoms with E-state index in [2.05, 4.69) is 15.1 Å². The van der Waals surface area contributed by atoms with Crippen LogP contribution in [0, 0.1) is 12.8 Å². The molecule has 1 unspecified atom stereocenters. The fourth-order valence-corrected chi connectivity index (χ4v) is 2.29. The maximum Gasteiger partial charge on any atom is 0.225 e. The van der Waals surface area contributed by atoms with E-state index >= 15 is 0 Å². The minimum absolute atomic E-state index is 0.0454. The number of nitrogens with one attached hydrogen (secondary N) is 1. The molecule has 0 spiro atoms. The van der Waals surface area contributed by atoms with Gasteiger partial charge in [-0.3, -0.25) is 9.89 Å². The minimum Gasteiger partial charge on any atom is -0.392 e. The molecule has 112 valence electrons. The van der Waals surface area contributed by atoms with E-state index in [9.17, 15) is 9.90 Å². The van der Waals surface area contributed by atoms with E-state index in [0.29, 0.717) is 13.1 Å². The van der Waals surface area contributed by atoms with Crippen LogP contribution < -0.4 is 4.90 Å². The molecule has 0 saturated carbocycles. The summed E-state index contributed by atoms with van der Waals surface area (Å²) in [7, 11) is 0. The Bertz CT molecular complexity index is 450. The monoisotopic (exact) mass is 280 g/mol. The van der Waals surface area contributed by atoms with Crippen LogP contribution in [0.1, 0.15) is 26.0 Å². The van der Waals surface area contributed by atoms with Crippen molar-refractivity contribution in [2.45, 2.75) is 33.3 Å². The number of nitrogens with zero attached hydrogens (tertiary/aromatic N) is 3. The Hall–Kier alpha value is -1.56. The van der Waals surface area contributed by atoms with Gasteiger partial charge in [-0.15, -0.1) is 0 Å². The summed E-state index contributed by atoms with van der Waals surface area (Å²) < 4.78 is 0. The molecule has 6 heteroatoms. The third-order valence-corrected chi connectivity index (χ3v) is 3.80. The number of hydrogen-bond donors (Lipinski definition) is 2. The number of hydrogen-bond acceptors (Lipinski definition) is 4. The molecule has 2 rings (SSSR count). The van der Waals surface area contributed by atoms with Gasteiger partial charge in [0, 0.05) is 37.9 Å². The summed E-state index contributed by atoms with van der Waals surface area (Å²) in [5.74, 6) is 1.10. The van der Waals surface area contributed by atoms with Gasteiger partial charge in [-0.1, -0.05) is 13.8 Å². The van der Waals surface area contributed by atoms with Crippen LogP contribution in [0.15, 0.2) is 6.07 Å². The van der Waals surface area contributed by atoms with Gasteiger partial charge in [-0.05, 0) is 12.8 Å². The van der Waals surface area contributed by atoms with E-state index in [1.807, 2.05) is 31.7 Å². The van der Waals surface area contributed by atoms with E-state index in [0.717, 1.165) is 24.6 Å². The van der Waals surface area contributed by atoms with Gasteiger partial charge in [-0.2, -0.15) is 5.10 Å². The molecule has 0 aliphatic carbocycles. The van der Waals surface area contributed by atoms with Gasteiger partial charge < -0.3 is 14.9 Å². The highest BCUT2D eigenvalue weighted by molar-refractivity contribution is 5.77. The second-order valence-corrected chi connectivity index (χ2v) is 5.79. The van der Waals surface area contributed by atoms with Gasteiger partial charge in [0.1, 0.15) is 0 Å². The first kappa shape index (κ1) is 14.8. The molecule has 20 heavy (non-hydrogen) atoms. The Balaban J connectivity index is 1.83. The summed E-state index contributed by atoms with van der Waals surface area (Å²) >= 11 is 0. The molecule has 1 atom stereocenters. The molecule has 1 saturated heterocycles. The van der Waals surface area contributed by atoms with E-state index in [-0.39, 0.29) is 18.2 Å². The SMILES string of the molecule is Cc1cc(N2CCN(C(=O)CC(O)C(C)C)CC2)n[nH]1. The van der Waals surface area contributed by atoms with Crippen molar-refractivity contribution in [2.24, 2.45) is 5.92 Å². The number of aliphatic hydroxyl groups excluding tert-OH is 1. The normalized spacial score (nSPS) is 17.6. The van der Waals surface area contributed by atoms with E-state index in [1.54, 1.807) is 0 Å². The number of H-pyrrole nitrogens is 1. The summed E-state index contributed by atoms with van der Waals surface area (Å²) in [6.45, 7) is 8.78. The maximum absolute atomic E-state index is 12.1. The van der Waals surface area contributed by atoms with Crippen molar-refractivity contribution in [3.05, 3.63) is 11.8 Å².